The molecule has 8 nitrogen and oxygen atoms in total. The maximum absolute atomic E-state index is 11.8. The molecule has 0 fully saturated rings. The molecule has 9 heteroatoms. The van der Waals surface area contributed by atoms with Gasteiger partial charge in [-0.3, -0.25) is 9.20 Å². The van der Waals surface area contributed by atoms with Crippen LogP contribution in [-0.2, 0) is 24.3 Å². The molecule has 4 aromatic rings. The van der Waals surface area contributed by atoms with Crippen LogP contribution < -0.4 is 11.1 Å². The summed E-state index contributed by atoms with van der Waals surface area (Å²) in [6.45, 7) is 3.67. The summed E-state index contributed by atoms with van der Waals surface area (Å²) < 4.78 is 7.47. The number of amides is 1. The van der Waals surface area contributed by atoms with Gasteiger partial charge in [0, 0.05) is 23.1 Å². The normalized spacial score (nSPS) is 13.4. The van der Waals surface area contributed by atoms with E-state index in [0.717, 1.165) is 34.9 Å². The first-order valence-corrected chi connectivity index (χ1v) is 10.5. The Morgan fingerprint density at radius 1 is 1.30 bits per heavy atom. The smallest absolute Gasteiger partial charge is 0.252 e. The van der Waals surface area contributed by atoms with Crippen LogP contribution in [0, 0.1) is 6.92 Å². The van der Waals surface area contributed by atoms with Crippen molar-refractivity contribution >= 4 is 28.7 Å². The van der Waals surface area contributed by atoms with E-state index in [1.807, 2.05) is 23.6 Å². The quantitative estimate of drug-likeness (QED) is 0.514. The number of imidazole rings is 1. The molecule has 1 aliphatic heterocycles. The molecule has 1 aliphatic rings. The summed E-state index contributed by atoms with van der Waals surface area (Å²) in [4.78, 5) is 27.3. The highest BCUT2D eigenvalue weighted by atomic mass is 32.1. The average molecular weight is 420 g/mol. The van der Waals surface area contributed by atoms with Crippen molar-refractivity contribution in [3.8, 4) is 11.5 Å². The molecule has 30 heavy (non-hydrogen) atoms. The van der Waals surface area contributed by atoms with Gasteiger partial charge in [-0.1, -0.05) is 6.07 Å². The van der Waals surface area contributed by atoms with Gasteiger partial charge < -0.3 is 15.8 Å². The zero-order chi connectivity index (χ0) is 20.7. The Morgan fingerprint density at radius 3 is 3.00 bits per heavy atom. The lowest BCUT2D eigenvalue weighted by molar-refractivity contribution is 0.100. The molecule has 0 unspecified atom stereocenters. The summed E-state index contributed by atoms with van der Waals surface area (Å²) >= 11 is 1.70. The summed E-state index contributed by atoms with van der Waals surface area (Å²) in [5.74, 6) is 0.835. The van der Waals surface area contributed by atoms with Crippen LogP contribution in [0.3, 0.4) is 0 Å². The molecule has 5 rings (SSSR count). The Kier molecular flexibility index (Phi) is 4.68. The lowest BCUT2D eigenvalue weighted by atomic mass is 10.1. The lowest BCUT2D eigenvalue weighted by Gasteiger charge is -2.20. The Hall–Kier alpha value is -3.30. The molecule has 152 valence electrons. The fourth-order valence-electron chi connectivity index (χ4n) is 3.73. The van der Waals surface area contributed by atoms with Crippen molar-refractivity contribution in [3.63, 3.8) is 0 Å². The SMILES string of the molecule is Cc1nc2c(C(N)=O)cccn2c1-c1nc2c(c(NCc3cccs3)n1)CCOC2. The van der Waals surface area contributed by atoms with Crippen molar-refractivity contribution in [3.05, 3.63) is 63.2 Å². The highest BCUT2D eigenvalue weighted by Crippen LogP contribution is 2.29. The van der Waals surface area contributed by atoms with Gasteiger partial charge in [0.2, 0.25) is 0 Å². The van der Waals surface area contributed by atoms with Gasteiger partial charge in [0.1, 0.15) is 17.2 Å². The first kappa shape index (κ1) is 18.7. The van der Waals surface area contributed by atoms with Gasteiger partial charge in [0.05, 0.1) is 36.7 Å². The Morgan fingerprint density at radius 2 is 2.20 bits per heavy atom. The fourth-order valence-corrected chi connectivity index (χ4v) is 4.38. The third kappa shape index (κ3) is 3.21. The van der Waals surface area contributed by atoms with Gasteiger partial charge in [0.25, 0.3) is 5.91 Å². The van der Waals surface area contributed by atoms with E-state index < -0.39 is 5.91 Å². The van der Waals surface area contributed by atoms with Crippen molar-refractivity contribution in [2.45, 2.75) is 26.5 Å². The van der Waals surface area contributed by atoms with E-state index in [2.05, 4.69) is 21.7 Å². The summed E-state index contributed by atoms with van der Waals surface area (Å²) in [5.41, 5.74) is 9.83. The van der Waals surface area contributed by atoms with Crippen molar-refractivity contribution < 1.29 is 9.53 Å². The maximum Gasteiger partial charge on any atom is 0.252 e. The number of aromatic nitrogens is 4. The van der Waals surface area contributed by atoms with Crippen molar-refractivity contribution in [1.29, 1.82) is 0 Å². The number of rotatable bonds is 5. The topological polar surface area (TPSA) is 107 Å². The molecule has 0 atom stereocenters. The second kappa shape index (κ2) is 7.51. The number of fused-ring (bicyclic) bond motifs is 2. The summed E-state index contributed by atoms with van der Waals surface area (Å²) in [7, 11) is 0. The van der Waals surface area contributed by atoms with Crippen LogP contribution in [0.15, 0.2) is 35.8 Å². The minimum absolute atomic E-state index is 0.365. The fraction of sp³-hybridized carbons (Fsp3) is 0.238. The van der Waals surface area contributed by atoms with Crippen LogP contribution in [0.25, 0.3) is 17.2 Å². The number of hydrogen-bond donors (Lipinski definition) is 2. The number of anilines is 1. The first-order chi connectivity index (χ1) is 14.6. The van der Waals surface area contributed by atoms with Crippen LogP contribution in [-0.4, -0.2) is 31.9 Å². The number of nitrogens with one attached hydrogen (secondary N) is 1. The minimum Gasteiger partial charge on any atom is -0.375 e. The van der Waals surface area contributed by atoms with E-state index >= 15 is 0 Å². The number of thiophene rings is 1. The van der Waals surface area contributed by atoms with E-state index in [9.17, 15) is 4.79 Å². The number of ether oxygens (including phenoxy) is 1. The first-order valence-electron chi connectivity index (χ1n) is 9.63. The Balaban J connectivity index is 1.64. The van der Waals surface area contributed by atoms with E-state index in [-0.39, 0.29) is 0 Å². The second-order valence-electron chi connectivity index (χ2n) is 7.08. The standard InChI is InChI=1S/C21H20N6O2S/c1-12-17(27-7-2-5-15(18(22)28)21(27)24-12)20-25-16-11-29-8-6-14(16)19(26-20)23-10-13-4-3-9-30-13/h2-5,7,9H,6,8,10-11H2,1H3,(H2,22,28)(H,23,25,26). The Bertz CT molecular complexity index is 1250. The predicted molar refractivity (Wildman–Crippen MR) is 114 cm³/mol. The van der Waals surface area contributed by atoms with Crippen LogP contribution >= 0.6 is 11.3 Å². The molecule has 0 spiro atoms. The van der Waals surface area contributed by atoms with Gasteiger partial charge >= 0.3 is 0 Å². The molecular weight excluding hydrogens is 400 g/mol. The number of primary amides is 1. The van der Waals surface area contributed by atoms with Crippen LogP contribution in [0.2, 0.25) is 0 Å². The largest absolute Gasteiger partial charge is 0.375 e. The van der Waals surface area contributed by atoms with Crippen molar-refractivity contribution in [2.24, 2.45) is 5.73 Å². The molecule has 0 saturated carbocycles. The summed E-state index contributed by atoms with van der Waals surface area (Å²) in [6.07, 6.45) is 2.61. The summed E-state index contributed by atoms with van der Waals surface area (Å²) in [5, 5.41) is 5.53. The van der Waals surface area contributed by atoms with E-state index in [0.29, 0.717) is 36.8 Å². The van der Waals surface area contributed by atoms with E-state index in [1.165, 1.54) is 4.88 Å². The molecule has 4 aromatic heterocycles. The van der Waals surface area contributed by atoms with Gasteiger partial charge in [-0.2, -0.15) is 0 Å². The predicted octanol–water partition coefficient (Wildman–Crippen LogP) is 2.94. The minimum atomic E-state index is -0.518. The van der Waals surface area contributed by atoms with Crippen LogP contribution in [0.4, 0.5) is 5.82 Å². The highest BCUT2D eigenvalue weighted by Gasteiger charge is 2.23. The molecule has 3 N–H and O–H groups in total. The monoisotopic (exact) mass is 420 g/mol. The number of nitrogens with two attached hydrogens (primary N) is 1. The Labute approximate surface area is 176 Å². The third-order valence-corrected chi connectivity index (χ3v) is 6.02. The molecular formula is C21H20N6O2S. The van der Waals surface area contributed by atoms with Crippen LogP contribution in [0.1, 0.15) is 32.2 Å². The van der Waals surface area contributed by atoms with Crippen molar-refractivity contribution in [2.75, 3.05) is 11.9 Å². The summed E-state index contributed by atoms with van der Waals surface area (Å²) in [6, 6.07) is 7.57. The average Bonchev–Trinajstić information content (AvgIpc) is 3.38. The van der Waals surface area contributed by atoms with E-state index in [4.69, 9.17) is 20.4 Å². The zero-order valence-corrected chi connectivity index (χ0v) is 17.2. The van der Waals surface area contributed by atoms with Crippen LogP contribution in [0.5, 0.6) is 0 Å². The zero-order valence-electron chi connectivity index (χ0n) is 16.4. The molecule has 5 heterocycles. The number of aryl methyl sites for hydroxylation is 1. The maximum atomic E-state index is 11.8. The molecule has 0 aliphatic carbocycles. The molecule has 0 aromatic carbocycles. The lowest BCUT2D eigenvalue weighted by Crippen LogP contribution is -2.17. The molecule has 0 radical (unpaired) electrons. The number of carbonyl (C=O) groups excluding carboxylic acids is 1. The molecule has 0 saturated heterocycles. The van der Waals surface area contributed by atoms with E-state index in [1.54, 1.807) is 23.5 Å². The van der Waals surface area contributed by atoms with Gasteiger partial charge in [-0.15, -0.1) is 11.3 Å². The highest BCUT2D eigenvalue weighted by molar-refractivity contribution is 7.09. The van der Waals surface area contributed by atoms with Gasteiger partial charge in [-0.05, 0) is 30.5 Å². The molecule has 1 amide bonds. The number of pyridine rings is 1. The van der Waals surface area contributed by atoms with Crippen molar-refractivity contribution in [1.82, 2.24) is 19.4 Å². The molecule has 0 bridgehead atoms. The van der Waals surface area contributed by atoms with Gasteiger partial charge in [0.15, 0.2) is 5.82 Å². The number of nitrogens with zero attached hydrogens (tertiary/aromatic N) is 4. The number of hydrogen-bond acceptors (Lipinski definition) is 7. The third-order valence-electron chi connectivity index (χ3n) is 5.14. The number of carbonyl (C=O) groups is 1. The second-order valence-corrected chi connectivity index (χ2v) is 8.11. The van der Waals surface area contributed by atoms with Gasteiger partial charge in [-0.25, -0.2) is 15.0 Å².